The van der Waals surface area contributed by atoms with Crippen molar-refractivity contribution in [2.45, 2.75) is 25.4 Å². The molecule has 126 valence electrons. The van der Waals surface area contributed by atoms with Crippen LogP contribution in [0.5, 0.6) is 0 Å². The van der Waals surface area contributed by atoms with Crippen molar-refractivity contribution in [1.82, 2.24) is 19.9 Å². The molecule has 7 nitrogen and oxygen atoms in total. The summed E-state index contributed by atoms with van der Waals surface area (Å²) < 4.78 is 5.74. The van der Waals surface area contributed by atoms with Gasteiger partial charge in [0.15, 0.2) is 0 Å². The first kappa shape index (κ1) is 16.3. The molecule has 0 aromatic carbocycles. The molecule has 0 saturated carbocycles. The number of pyridine rings is 1. The summed E-state index contributed by atoms with van der Waals surface area (Å²) in [5, 5.41) is 0. The summed E-state index contributed by atoms with van der Waals surface area (Å²) in [7, 11) is 0. The fraction of sp³-hybridized carbons (Fsp3) is 0.412. The van der Waals surface area contributed by atoms with Crippen molar-refractivity contribution in [3.05, 3.63) is 58.5 Å². The average Bonchev–Trinajstić information content (AvgIpc) is 2.61. The van der Waals surface area contributed by atoms with Crippen molar-refractivity contribution in [3.8, 4) is 0 Å². The van der Waals surface area contributed by atoms with Crippen molar-refractivity contribution in [2.24, 2.45) is 0 Å². The van der Waals surface area contributed by atoms with Crippen molar-refractivity contribution in [3.63, 3.8) is 0 Å². The molecule has 0 spiro atoms. The van der Waals surface area contributed by atoms with Crippen LogP contribution >= 0.6 is 0 Å². The van der Waals surface area contributed by atoms with Gasteiger partial charge in [-0.3, -0.25) is 14.6 Å². The third-order valence-corrected chi connectivity index (χ3v) is 4.03. The van der Waals surface area contributed by atoms with Crippen LogP contribution < -0.4 is 5.56 Å². The number of ether oxygens (including phenoxy) is 1. The van der Waals surface area contributed by atoms with Gasteiger partial charge in [-0.05, 0) is 24.5 Å². The number of carbonyl (C=O) groups excluding carboxylic acids is 1. The highest BCUT2D eigenvalue weighted by Gasteiger charge is 2.24. The fourth-order valence-electron chi connectivity index (χ4n) is 2.76. The second-order valence-corrected chi connectivity index (χ2v) is 5.81. The van der Waals surface area contributed by atoms with Crippen molar-refractivity contribution >= 4 is 5.91 Å². The molecule has 1 amide bonds. The topological polar surface area (TPSA) is 88.2 Å². The largest absolute Gasteiger partial charge is 0.375 e. The van der Waals surface area contributed by atoms with E-state index in [1.165, 1.54) is 12.4 Å². The molecule has 3 rings (SSSR count). The highest BCUT2D eigenvalue weighted by Crippen LogP contribution is 2.12. The molecule has 0 bridgehead atoms. The first-order valence-electron chi connectivity index (χ1n) is 8.02. The molecule has 1 atom stereocenters. The minimum Gasteiger partial charge on any atom is -0.375 e. The van der Waals surface area contributed by atoms with Crippen LogP contribution in [0.3, 0.4) is 0 Å². The minimum atomic E-state index is -0.155. The molecule has 1 aliphatic heterocycles. The van der Waals surface area contributed by atoms with Gasteiger partial charge in [0.2, 0.25) is 5.91 Å². The predicted octanol–water partition coefficient (Wildman–Crippen LogP) is 0.568. The number of hydrogen-bond donors (Lipinski definition) is 1. The lowest BCUT2D eigenvalue weighted by atomic mass is 10.1. The Balaban J connectivity index is 1.52. The molecular weight excluding hydrogens is 308 g/mol. The molecule has 1 fully saturated rings. The van der Waals surface area contributed by atoms with Gasteiger partial charge >= 0.3 is 0 Å². The van der Waals surface area contributed by atoms with Crippen LogP contribution in [0.25, 0.3) is 0 Å². The quantitative estimate of drug-likeness (QED) is 0.867. The molecule has 2 aromatic rings. The lowest BCUT2D eigenvalue weighted by molar-refractivity contribution is -0.138. The summed E-state index contributed by atoms with van der Waals surface area (Å²) in [5.41, 5.74) is 1.50. The van der Waals surface area contributed by atoms with E-state index in [-0.39, 0.29) is 17.6 Å². The van der Waals surface area contributed by atoms with E-state index in [1.54, 1.807) is 12.4 Å². The molecule has 0 aliphatic carbocycles. The normalized spacial score (nSPS) is 17.7. The lowest BCUT2D eigenvalue weighted by Gasteiger charge is -2.33. The zero-order valence-corrected chi connectivity index (χ0v) is 13.4. The summed E-state index contributed by atoms with van der Waals surface area (Å²) in [6.07, 6.45) is 6.53. The number of nitrogens with zero attached hydrogens (tertiary/aromatic N) is 3. The van der Waals surface area contributed by atoms with Gasteiger partial charge in [-0.15, -0.1) is 0 Å². The number of H-pyrrole nitrogens is 1. The molecule has 3 heterocycles. The predicted molar refractivity (Wildman–Crippen MR) is 87.4 cm³/mol. The maximum Gasteiger partial charge on any atom is 0.250 e. The Bertz CT molecular complexity index is 732. The van der Waals surface area contributed by atoms with Crippen LogP contribution in [0.15, 0.2) is 41.7 Å². The van der Waals surface area contributed by atoms with Crippen molar-refractivity contribution in [2.75, 3.05) is 19.7 Å². The Hall–Kier alpha value is -2.54. The van der Waals surface area contributed by atoms with Gasteiger partial charge in [0.25, 0.3) is 5.56 Å². The van der Waals surface area contributed by atoms with Gasteiger partial charge in [-0.25, -0.2) is 4.98 Å². The number of amides is 1. The van der Waals surface area contributed by atoms with E-state index in [9.17, 15) is 9.59 Å². The molecule has 7 heteroatoms. The van der Waals surface area contributed by atoms with Gasteiger partial charge in [0, 0.05) is 37.2 Å². The van der Waals surface area contributed by atoms with Gasteiger partial charge < -0.3 is 14.6 Å². The lowest BCUT2D eigenvalue weighted by Crippen LogP contribution is -2.46. The second-order valence-electron chi connectivity index (χ2n) is 5.81. The summed E-state index contributed by atoms with van der Waals surface area (Å²) in [5.74, 6) is 0.0885. The summed E-state index contributed by atoms with van der Waals surface area (Å²) in [6.45, 7) is 1.72. The summed E-state index contributed by atoms with van der Waals surface area (Å²) in [6, 6.07) is 5.23. The van der Waals surface area contributed by atoms with E-state index in [0.717, 1.165) is 17.7 Å². The highest BCUT2D eigenvalue weighted by atomic mass is 16.5. The number of carbonyl (C=O) groups is 1. The van der Waals surface area contributed by atoms with Gasteiger partial charge in [0.1, 0.15) is 0 Å². The smallest absolute Gasteiger partial charge is 0.250 e. The average molecular weight is 328 g/mol. The summed E-state index contributed by atoms with van der Waals surface area (Å²) >= 11 is 0. The van der Waals surface area contributed by atoms with Crippen LogP contribution in [-0.4, -0.2) is 51.6 Å². The first-order chi connectivity index (χ1) is 11.7. The highest BCUT2D eigenvalue weighted by molar-refractivity contribution is 5.78. The number of aromatic amines is 1. The number of aromatic nitrogens is 3. The molecule has 1 aliphatic rings. The first-order valence-corrected chi connectivity index (χ1v) is 8.02. The number of hydrogen-bond acceptors (Lipinski definition) is 5. The van der Waals surface area contributed by atoms with Crippen LogP contribution in [0.1, 0.15) is 17.7 Å². The van der Waals surface area contributed by atoms with Gasteiger partial charge in [0.05, 0.1) is 25.5 Å². The summed E-state index contributed by atoms with van der Waals surface area (Å²) in [4.78, 5) is 36.2. The number of nitrogens with one attached hydrogen (secondary N) is 1. The minimum absolute atomic E-state index is 0.0299. The van der Waals surface area contributed by atoms with Crippen LogP contribution in [0, 0.1) is 0 Å². The van der Waals surface area contributed by atoms with Crippen LogP contribution in [0.2, 0.25) is 0 Å². The molecule has 0 unspecified atom stereocenters. The third kappa shape index (κ3) is 4.48. The van der Waals surface area contributed by atoms with Crippen molar-refractivity contribution in [1.29, 1.82) is 0 Å². The third-order valence-electron chi connectivity index (χ3n) is 4.03. The van der Waals surface area contributed by atoms with E-state index in [1.807, 2.05) is 17.0 Å². The maximum atomic E-state index is 12.4. The maximum absolute atomic E-state index is 12.4. The zero-order chi connectivity index (χ0) is 16.8. The number of rotatable bonds is 5. The Morgan fingerprint density at radius 3 is 3.17 bits per heavy atom. The molecule has 24 heavy (non-hydrogen) atoms. The number of aryl methyl sites for hydroxylation is 1. The standard InChI is InChI=1S/C17H20N4O3/c22-16-9-14(19-12-20-16)3-4-15-11-21(6-7-24-15)17(23)8-13-2-1-5-18-10-13/h1-2,5,9-10,12,15H,3-4,6-8,11H2,(H,19,20,22)/t15-/m0/s1. The van der Waals surface area contributed by atoms with E-state index in [0.29, 0.717) is 32.5 Å². The fourth-order valence-corrected chi connectivity index (χ4v) is 2.76. The Morgan fingerprint density at radius 1 is 1.46 bits per heavy atom. The van der Waals surface area contributed by atoms with E-state index in [2.05, 4.69) is 15.0 Å². The van der Waals surface area contributed by atoms with E-state index >= 15 is 0 Å². The van der Waals surface area contributed by atoms with Crippen LogP contribution in [-0.2, 0) is 22.4 Å². The molecule has 1 saturated heterocycles. The molecule has 0 radical (unpaired) electrons. The molecular formula is C17H20N4O3. The SMILES string of the molecule is O=C(Cc1cccnc1)N1CCO[C@@H](CCc2cc(=O)[nH]cn2)C1. The Kier molecular flexibility index (Phi) is 5.32. The van der Waals surface area contributed by atoms with Crippen molar-refractivity contribution < 1.29 is 9.53 Å². The van der Waals surface area contributed by atoms with Crippen LogP contribution in [0.4, 0.5) is 0 Å². The van der Waals surface area contributed by atoms with E-state index < -0.39 is 0 Å². The number of morpholine rings is 1. The van der Waals surface area contributed by atoms with E-state index in [4.69, 9.17) is 4.74 Å². The molecule has 1 N–H and O–H groups in total. The Morgan fingerprint density at radius 2 is 2.38 bits per heavy atom. The van der Waals surface area contributed by atoms with Gasteiger partial charge in [-0.2, -0.15) is 0 Å². The molecule has 2 aromatic heterocycles. The monoisotopic (exact) mass is 328 g/mol. The zero-order valence-electron chi connectivity index (χ0n) is 13.4. The van der Waals surface area contributed by atoms with Gasteiger partial charge in [-0.1, -0.05) is 6.07 Å². The second kappa shape index (κ2) is 7.83. The Labute approximate surface area is 139 Å².